The number of rotatable bonds is 4. The van der Waals surface area contributed by atoms with Gasteiger partial charge >= 0.3 is 11.8 Å². The van der Waals surface area contributed by atoms with Crippen LogP contribution in [-0.4, -0.2) is 40.3 Å². The van der Waals surface area contributed by atoms with Gasteiger partial charge in [-0.15, -0.1) is 0 Å². The van der Waals surface area contributed by atoms with Crippen LogP contribution >= 0.6 is 11.8 Å². The van der Waals surface area contributed by atoms with Crippen molar-refractivity contribution >= 4 is 28.7 Å². The number of nitrogens with one attached hydrogen (secondary N) is 1. The van der Waals surface area contributed by atoms with Crippen LogP contribution in [0.5, 0.6) is 5.75 Å². The lowest BCUT2D eigenvalue weighted by molar-refractivity contribution is -0.199. The van der Waals surface area contributed by atoms with E-state index in [0.29, 0.717) is 10.7 Å². The molecule has 0 spiro atoms. The summed E-state index contributed by atoms with van der Waals surface area (Å²) in [5.74, 6) is -2.16. The Morgan fingerprint density at radius 2 is 2.04 bits per heavy atom. The third-order valence-electron chi connectivity index (χ3n) is 3.40. The molecule has 0 fully saturated rings. The summed E-state index contributed by atoms with van der Waals surface area (Å²) in [4.78, 5) is 29.1. The second kappa shape index (κ2) is 6.10. The van der Waals surface area contributed by atoms with Gasteiger partial charge in [0.1, 0.15) is 5.75 Å². The number of hydrogen-bond donors (Lipinski definition) is 1. The van der Waals surface area contributed by atoms with Crippen molar-refractivity contribution in [3.8, 4) is 5.75 Å². The lowest BCUT2D eigenvalue weighted by Crippen LogP contribution is -2.63. The van der Waals surface area contributed by atoms with Gasteiger partial charge in [-0.1, -0.05) is 30.0 Å². The average Bonchev–Trinajstić information content (AvgIpc) is 3.02. The summed E-state index contributed by atoms with van der Waals surface area (Å²) < 4.78 is 45.8. The van der Waals surface area contributed by atoms with E-state index in [-0.39, 0.29) is 5.17 Å². The summed E-state index contributed by atoms with van der Waals surface area (Å²) in [6.45, 7) is 0.961. The molecule has 0 radical (unpaired) electrons. The predicted molar refractivity (Wildman–Crippen MR) is 84.5 cm³/mol. The molecule has 0 saturated carbocycles. The molecule has 1 atom stereocenters. The van der Waals surface area contributed by atoms with Crippen LogP contribution in [0, 0.1) is 0 Å². The molecule has 1 N–H and O–H groups in total. The Morgan fingerprint density at radius 1 is 1.36 bits per heavy atom. The highest BCUT2D eigenvalue weighted by molar-refractivity contribution is 8.17. The summed E-state index contributed by atoms with van der Waals surface area (Å²) in [6.07, 6.45) is -3.84. The van der Waals surface area contributed by atoms with Crippen molar-refractivity contribution in [3.05, 3.63) is 41.4 Å². The van der Waals surface area contributed by atoms with E-state index in [4.69, 9.17) is 4.74 Å². The number of amidine groups is 1. The summed E-state index contributed by atoms with van der Waals surface area (Å²) in [5.41, 5.74) is -3.33. The number of halogens is 3. The molecule has 25 heavy (non-hydrogen) atoms. The molecule has 1 unspecified atom stereocenters. The highest BCUT2D eigenvalue weighted by Gasteiger charge is 2.67. The molecular weight excluding hydrogens is 359 g/mol. The molecule has 132 valence electrons. The van der Waals surface area contributed by atoms with Crippen LogP contribution in [0.1, 0.15) is 6.92 Å². The average molecular weight is 371 g/mol. The molecule has 6 nitrogen and oxygen atoms in total. The van der Waals surface area contributed by atoms with Gasteiger partial charge in [-0.05, 0) is 19.1 Å². The third kappa shape index (κ3) is 3.09. The molecule has 0 bridgehead atoms. The SMILES string of the molecule is CC1=CN2C(=O)C(NC(=O)COc3ccccc3)(C(F)(F)F)N=C2S1. The maximum Gasteiger partial charge on any atom is 0.442 e. The summed E-state index contributed by atoms with van der Waals surface area (Å²) >= 11 is 0.929. The lowest BCUT2D eigenvalue weighted by atomic mass is 10.1. The van der Waals surface area contributed by atoms with Crippen molar-refractivity contribution in [2.24, 2.45) is 4.99 Å². The van der Waals surface area contributed by atoms with Crippen LogP contribution < -0.4 is 10.1 Å². The number of thioether (sulfide) groups is 1. The second-order valence-corrected chi connectivity index (χ2v) is 6.48. The lowest BCUT2D eigenvalue weighted by Gasteiger charge is -2.28. The van der Waals surface area contributed by atoms with Crippen LogP contribution in [0.4, 0.5) is 13.2 Å². The molecule has 1 aromatic rings. The van der Waals surface area contributed by atoms with Crippen LogP contribution in [-0.2, 0) is 9.59 Å². The van der Waals surface area contributed by atoms with Crippen molar-refractivity contribution < 1.29 is 27.5 Å². The zero-order valence-electron chi connectivity index (χ0n) is 12.8. The molecule has 1 aromatic carbocycles. The van der Waals surface area contributed by atoms with Crippen molar-refractivity contribution in [1.29, 1.82) is 0 Å². The number of para-hydroxylation sites is 1. The van der Waals surface area contributed by atoms with E-state index in [2.05, 4.69) is 4.99 Å². The van der Waals surface area contributed by atoms with Gasteiger partial charge < -0.3 is 10.1 Å². The van der Waals surface area contributed by atoms with Gasteiger partial charge in [-0.2, -0.15) is 13.2 Å². The fraction of sp³-hybridized carbons (Fsp3) is 0.267. The van der Waals surface area contributed by atoms with E-state index in [1.807, 2.05) is 0 Å². The minimum Gasteiger partial charge on any atom is -0.484 e. The van der Waals surface area contributed by atoms with Crippen LogP contribution in [0.2, 0.25) is 0 Å². The standard InChI is InChI=1S/C15H12F3N3O3S/c1-9-7-21-12(23)14(15(16,17)18,20-13(21)25-9)19-11(22)8-24-10-5-3-2-4-6-10/h2-7H,8H2,1H3,(H,19,22). The first-order valence-corrected chi connectivity index (χ1v) is 7.90. The molecule has 2 aliphatic heterocycles. The zero-order valence-corrected chi connectivity index (χ0v) is 13.6. The Hall–Kier alpha value is -2.49. The highest BCUT2D eigenvalue weighted by Crippen LogP contribution is 2.43. The maximum absolute atomic E-state index is 13.6. The molecule has 0 saturated heterocycles. The Kier molecular flexibility index (Phi) is 4.23. The Morgan fingerprint density at radius 3 is 2.64 bits per heavy atom. The van der Waals surface area contributed by atoms with Gasteiger partial charge in [0, 0.05) is 11.1 Å². The van der Waals surface area contributed by atoms with E-state index in [1.54, 1.807) is 42.6 Å². The van der Waals surface area contributed by atoms with Gasteiger partial charge in [-0.3, -0.25) is 14.5 Å². The monoisotopic (exact) mass is 371 g/mol. The summed E-state index contributed by atoms with van der Waals surface area (Å²) in [7, 11) is 0. The normalized spacial score (nSPS) is 22.4. The number of carbonyl (C=O) groups is 2. The first-order valence-electron chi connectivity index (χ1n) is 7.08. The number of alkyl halides is 3. The van der Waals surface area contributed by atoms with Gasteiger partial charge in [0.15, 0.2) is 11.8 Å². The molecule has 0 aromatic heterocycles. The quantitative estimate of drug-likeness (QED) is 0.881. The summed E-state index contributed by atoms with van der Waals surface area (Å²) in [5, 5.41) is 1.56. The number of hydrogen-bond acceptors (Lipinski definition) is 5. The van der Waals surface area contributed by atoms with E-state index in [9.17, 15) is 22.8 Å². The third-order valence-corrected chi connectivity index (χ3v) is 4.30. The molecule has 10 heteroatoms. The fourth-order valence-corrected chi connectivity index (χ4v) is 3.15. The van der Waals surface area contributed by atoms with Crippen LogP contribution in [0.15, 0.2) is 46.4 Å². The van der Waals surface area contributed by atoms with E-state index < -0.39 is 30.3 Å². The number of amides is 2. The summed E-state index contributed by atoms with van der Waals surface area (Å²) in [6, 6.07) is 8.12. The molecular formula is C15H12F3N3O3S. The van der Waals surface area contributed by atoms with E-state index in [1.165, 1.54) is 6.20 Å². The largest absolute Gasteiger partial charge is 0.484 e. The molecule has 3 rings (SSSR count). The number of benzene rings is 1. The number of aliphatic imine (C=N–C) groups is 1. The van der Waals surface area contributed by atoms with Crippen molar-refractivity contribution in [2.45, 2.75) is 18.8 Å². The number of nitrogens with zero attached hydrogens (tertiary/aromatic N) is 2. The minimum absolute atomic E-state index is 0.121. The van der Waals surface area contributed by atoms with Crippen molar-refractivity contribution in [1.82, 2.24) is 10.2 Å². The smallest absolute Gasteiger partial charge is 0.442 e. The highest BCUT2D eigenvalue weighted by atomic mass is 32.2. The van der Waals surface area contributed by atoms with Crippen molar-refractivity contribution in [2.75, 3.05) is 6.61 Å². The first kappa shape index (κ1) is 17.3. The Labute approximate surface area is 144 Å². The fourth-order valence-electron chi connectivity index (χ4n) is 2.28. The van der Waals surface area contributed by atoms with E-state index in [0.717, 1.165) is 16.7 Å². The predicted octanol–water partition coefficient (Wildman–Crippen LogP) is 2.25. The molecule has 2 amide bonds. The molecule has 2 heterocycles. The molecule has 0 aliphatic carbocycles. The number of ether oxygens (including phenoxy) is 1. The first-order chi connectivity index (χ1) is 11.7. The van der Waals surface area contributed by atoms with Gasteiger partial charge in [0.2, 0.25) is 0 Å². The number of allylic oxidation sites excluding steroid dienone is 1. The van der Waals surface area contributed by atoms with Gasteiger partial charge in [0.05, 0.1) is 0 Å². The molecule has 2 aliphatic rings. The van der Waals surface area contributed by atoms with Gasteiger partial charge in [-0.25, -0.2) is 4.99 Å². The number of carbonyl (C=O) groups excluding carboxylic acids is 2. The van der Waals surface area contributed by atoms with Gasteiger partial charge in [0.25, 0.3) is 11.8 Å². The topological polar surface area (TPSA) is 71.0 Å². The minimum atomic E-state index is -5.09. The van der Waals surface area contributed by atoms with Crippen LogP contribution in [0.25, 0.3) is 0 Å². The van der Waals surface area contributed by atoms with Crippen molar-refractivity contribution in [3.63, 3.8) is 0 Å². The second-order valence-electron chi connectivity index (χ2n) is 5.27. The number of fused-ring (bicyclic) bond motifs is 1. The van der Waals surface area contributed by atoms with Crippen LogP contribution in [0.3, 0.4) is 0 Å². The Bertz CT molecular complexity index is 779. The zero-order chi connectivity index (χ0) is 18.2. The van der Waals surface area contributed by atoms with E-state index >= 15 is 0 Å². The maximum atomic E-state index is 13.6. The Balaban J connectivity index is 1.77.